The van der Waals surface area contributed by atoms with Crippen LogP contribution in [-0.2, 0) is 6.42 Å². The number of unbranched alkanes of at least 4 members (excludes halogenated alkanes) is 5. The number of thiazole rings is 1. The minimum atomic E-state index is 0.876. The number of nitrogens with zero attached hydrogens (tertiary/aromatic N) is 2. The average Bonchev–Trinajstić information content (AvgIpc) is 3.18. The number of hydrogen-bond acceptors (Lipinski definition) is 4. The summed E-state index contributed by atoms with van der Waals surface area (Å²) in [5.74, 6) is 0. The quantitative estimate of drug-likeness (QED) is 0.320. The Labute approximate surface area is 179 Å². The molecule has 0 radical (unpaired) electrons. The molecule has 4 heteroatoms. The Morgan fingerprint density at radius 2 is 1.62 bits per heavy atom. The largest absolute Gasteiger partial charge is 0.375 e. The van der Waals surface area contributed by atoms with Crippen LogP contribution in [0.15, 0.2) is 60.0 Å². The lowest BCUT2D eigenvalue weighted by molar-refractivity contribution is 0.606. The third-order valence-electron chi connectivity index (χ3n) is 5.19. The highest BCUT2D eigenvalue weighted by molar-refractivity contribution is 7.13. The van der Waals surface area contributed by atoms with Gasteiger partial charge < -0.3 is 10.2 Å². The van der Waals surface area contributed by atoms with Crippen molar-refractivity contribution in [2.45, 2.75) is 51.9 Å². The highest BCUT2D eigenvalue weighted by Gasteiger charge is 2.05. The van der Waals surface area contributed by atoms with Crippen LogP contribution < -0.4 is 10.2 Å². The summed E-state index contributed by atoms with van der Waals surface area (Å²) in [5, 5.41) is 6.52. The number of hydrogen-bond donors (Lipinski definition) is 1. The van der Waals surface area contributed by atoms with Gasteiger partial charge in [-0.3, -0.25) is 0 Å². The fourth-order valence-corrected chi connectivity index (χ4v) is 4.16. The van der Waals surface area contributed by atoms with Gasteiger partial charge in [0, 0.05) is 36.8 Å². The maximum absolute atomic E-state index is 4.73. The average molecular weight is 408 g/mol. The summed E-state index contributed by atoms with van der Waals surface area (Å²) in [4.78, 5) is 7.08. The number of anilines is 3. The molecule has 0 aliphatic heterocycles. The number of rotatable bonds is 12. The molecule has 0 aliphatic carbocycles. The lowest BCUT2D eigenvalue weighted by Crippen LogP contribution is -2.18. The van der Waals surface area contributed by atoms with Crippen molar-refractivity contribution < 1.29 is 0 Å². The van der Waals surface area contributed by atoms with Crippen LogP contribution in [0.3, 0.4) is 0 Å². The van der Waals surface area contributed by atoms with Crippen LogP contribution in [0.25, 0.3) is 0 Å². The maximum Gasteiger partial charge on any atom is 0.187 e. The molecule has 29 heavy (non-hydrogen) atoms. The van der Waals surface area contributed by atoms with Gasteiger partial charge in [0.2, 0.25) is 0 Å². The molecule has 3 rings (SSSR count). The standard InChI is InChI=1S/C25H33N3S/c1-3-4-5-6-7-11-18-28(2)24-16-14-22(15-17-24)26-25-27-23(20-29-25)19-21-12-9-8-10-13-21/h8-10,12-17,20H,3-7,11,18-19H2,1-2H3,(H,26,27). The summed E-state index contributed by atoms with van der Waals surface area (Å²) in [6.45, 7) is 3.39. The van der Waals surface area contributed by atoms with Crippen LogP contribution in [0, 0.1) is 0 Å². The van der Waals surface area contributed by atoms with E-state index in [0.717, 1.165) is 29.5 Å². The lowest BCUT2D eigenvalue weighted by atomic mass is 10.1. The minimum Gasteiger partial charge on any atom is -0.375 e. The topological polar surface area (TPSA) is 28.2 Å². The first-order valence-electron chi connectivity index (χ1n) is 10.8. The molecule has 154 valence electrons. The zero-order chi connectivity index (χ0) is 20.3. The van der Waals surface area contributed by atoms with Crippen molar-refractivity contribution in [1.82, 2.24) is 4.98 Å². The highest BCUT2D eigenvalue weighted by atomic mass is 32.1. The number of nitrogens with one attached hydrogen (secondary N) is 1. The minimum absolute atomic E-state index is 0.876. The molecule has 0 atom stereocenters. The molecule has 1 heterocycles. The third kappa shape index (κ3) is 7.21. The predicted octanol–water partition coefficient (Wildman–Crippen LogP) is 7.27. The Bertz CT molecular complexity index is 827. The second-order valence-electron chi connectivity index (χ2n) is 7.67. The predicted molar refractivity (Wildman–Crippen MR) is 128 cm³/mol. The summed E-state index contributed by atoms with van der Waals surface area (Å²) in [6, 6.07) is 19.2. The van der Waals surface area contributed by atoms with Gasteiger partial charge in [-0.15, -0.1) is 11.3 Å². The summed E-state index contributed by atoms with van der Waals surface area (Å²) < 4.78 is 0. The van der Waals surface area contributed by atoms with Crippen molar-refractivity contribution in [3.05, 3.63) is 71.2 Å². The van der Waals surface area contributed by atoms with E-state index in [2.05, 4.69) is 78.1 Å². The van der Waals surface area contributed by atoms with E-state index in [-0.39, 0.29) is 0 Å². The van der Waals surface area contributed by atoms with E-state index in [1.165, 1.54) is 49.8 Å². The maximum atomic E-state index is 4.73. The van der Waals surface area contributed by atoms with Crippen LogP contribution in [0.5, 0.6) is 0 Å². The highest BCUT2D eigenvalue weighted by Crippen LogP contribution is 2.24. The van der Waals surface area contributed by atoms with Gasteiger partial charge in [-0.2, -0.15) is 0 Å². The van der Waals surface area contributed by atoms with Gasteiger partial charge >= 0.3 is 0 Å². The Morgan fingerprint density at radius 3 is 2.38 bits per heavy atom. The SMILES string of the molecule is CCCCCCCCN(C)c1ccc(Nc2nc(Cc3ccccc3)cs2)cc1. The van der Waals surface area contributed by atoms with Crippen molar-refractivity contribution in [2.24, 2.45) is 0 Å². The lowest BCUT2D eigenvalue weighted by Gasteiger charge is -2.19. The molecule has 3 aromatic rings. The monoisotopic (exact) mass is 407 g/mol. The molecule has 3 nitrogen and oxygen atoms in total. The Morgan fingerprint density at radius 1 is 0.897 bits per heavy atom. The first-order chi connectivity index (χ1) is 14.2. The molecule has 0 aliphatic rings. The van der Waals surface area contributed by atoms with Crippen LogP contribution in [0.1, 0.15) is 56.7 Å². The van der Waals surface area contributed by atoms with Crippen LogP contribution >= 0.6 is 11.3 Å². The molecule has 2 aromatic carbocycles. The molecule has 0 spiro atoms. The van der Waals surface area contributed by atoms with Gasteiger partial charge in [-0.1, -0.05) is 69.4 Å². The molecule has 0 saturated carbocycles. The molecule has 0 saturated heterocycles. The second kappa shape index (κ2) is 11.6. The third-order valence-corrected chi connectivity index (χ3v) is 5.99. The van der Waals surface area contributed by atoms with E-state index in [4.69, 9.17) is 4.98 Å². The number of benzene rings is 2. The first-order valence-corrected chi connectivity index (χ1v) is 11.7. The molecular formula is C25H33N3S. The summed E-state index contributed by atoms with van der Waals surface area (Å²) in [7, 11) is 2.19. The van der Waals surface area contributed by atoms with Gasteiger partial charge in [0.15, 0.2) is 5.13 Å². The Balaban J connectivity index is 1.45. The van der Waals surface area contributed by atoms with Crippen molar-refractivity contribution >= 4 is 27.8 Å². The molecular weight excluding hydrogens is 374 g/mol. The molecule has 0 bridgehead atoms. The second-order valence-corrected chi connectivity index (χ2v) is 8.53. The van der Waals surface area contributed by atoms with Crippen molar-refractivity contribution in [2.75, 3.05) is 23.8 Å². The van der Waals surface area contributed by atoms with Crippen LogP contribution in [0.2, 0.25) is 0 Å². The van der Waals surface area contributed by atoms with Gasteiger partial charge in [0.05, 0.1) is 5.69 Å². The van der Waals surface area contributed by atoms with E-state index >= 15 is 0 Å². The molecule has 0 unspecified atom stereocenters. The van der Waals surface area contributed by atoms with Gasteiger partial charge in [-0.25, -0.2) is 4.98 Å². The zero-order valence-corrected chi connectivity index (χ0v) is 18.5. The van der Waals surface area contributed by atoms with E-state index in [1.54, 1.807) is 11.3 Å². The normalized spacial score (nSPS) is 10.8. The fourth-order valence-electron chi connectivity index (χ4n) is 3.43. The van der Waals surface area contributed by atoms with E-state index in [0.29, 0.717) is 0 Å². The summed E-state index contributed by atoms with van der Waals surface area (Å²) >= 11 is 1.66. The van der Waals surface area contributed by atoms with E-state index in [9.17, 15) is 0 Å². The van der Waals surface area contributed by atoms with E-state index < -0.39 is 0 Å². The van der Waals surface area contributed by atoms with E-state index in [1.807, 2.05) is 6.07 Å². The zero-order valence-electron chi connectivity index (χ0n) is 17.7. The Hall–Kier alpha value is -2.33. The number of aromatic nitrogens is 1. The smallest absolute Gasteiger partial charge is 0.187 e. The summed E-state index contributed by atoms with van der Waals surface area (Å²) in [6.07, 6.45) is 8.91. The van der Waals surface area contributed by atoms with Gasteiger partial charge in [-0.05, 0) is 36.2 Å². The van der Waals surface area contributed by atoms with Crippen molar-refractivity contribution in [3.63, 3.8) is 0 Å². The molecule has 1 N–H and O–H groups in total. The fraction of sp³-hybridized carbons (Fsp3) is 0.400. The Kier molecular flexibility index (Phi) is 8.57. The van der Waals surface area contributed by atoms with Crippen LogP contribution in [-0.4, -0.2) is 18.6 Å². The van der Waals surface area contributed by atoms with Crippen molar-refractivity contribution in [1.29, 1.82) is 0 Å². The van der Waals surface area contributed by atoms with Gasteiger partial charge in [0.25, 0.3) is 0 Å². The molecule has 0 amide bonds. The first kappa shape index (κ1) is 21.4. The van der Waals surface area contributed by atoms with Gasteiger partial charge in [0.1, 0.15) is 0 Å². The molecule has 0 fully saturated rings. The van der Waals surface area contributed by atoms with Crippen LogP contribution in [0.4, 0.5) is 16.5 Å². The molecule has 1 aromatic heterocycles. The van der Waals surface area contributed by atoms with Crippen molar-refractivity contribution in [3.8, 4) is 0 Å². The summed E-state index contributed by atoms with van der Waals surface area (Å²) in [5.41, 5.74) is 4.76.